The van der Waals surface area contributed by atoms with Crippen LogP contribution in [0.25, 0.3) is 22.5 Å². The van der Waals surface area contributed by atoms with Crippen LogP contribution in [0.3, 0.4) is 0 Å². The zero-order chi connectivity index (χ0) is 26.0. The Hall–Kier alpha value is -4.18. The smallest absolute Gasteiger partial charge is 0.352 e. The van der Waals surface area contributed by atoms with Crippen LogP contribution < -0.4 is 20.0 Å². The van der Waals surface area contributed by atoms with E-state index < -0.39 is 12.1 Å². The lowest BCUT2D eigenvalue weighted by Crippen LogP contribution is -2.45. The Bertz CT molecular complexity index is 1320. The summed E-state index contributed by atoms with van der Waals surface area (Å²) in [5.41, 5.74) is 1.69. The van der Waals surface area contributed by atoms with Crippen LogP contribution in [0.15, 0.2) is 36.8 Å². The Morgan fingerprint density at radius 1 is 1.00 bits per heavy atom. The summed E-state index contributed by atoms with van der Waals surface area (Å²) in [5, 5.41) is 12.9. The molecule has 192 valence electrons. The lowest BCUT2D eigenvalue weighted by atomic mass is 10.1. The van der Waals surface area contributed by atoms with E-state index in [1.54, 1.807) is 29.4 Å². The summed E-state index contributed by atoms with van der Waals surface area (Å²) >= 11 is 0. The molecule has 0 aliphatic carbocycles. The van der Waals surface area contributed by atoms with Crippen molar-refractivity contribution in [2.45, 2.75) is 19.0 Å². The highest BCUT2D eigenvalue weighted by Crippen LogP contribution is 2.33. The normalized spacial score (nSPS) is 16.1. The fraction of sp³-hybridized carbons (Fsp3) is 0.375. The molecule has 5 heterocycles. The molecule has 0 saturated carbocycles. The van der Waals surface area contributed by atoms with Crippen molar-refractivity contribution in [1.82, 2.24) is 25.0 Å². The van der Waals surface area contributed by atoms with Crippen molar-refractivity contribution in [2.75, 3.05) is 49.1 Å². The number of rotatable bonds is 5. The SMILES string of the molecule is N#Cc1cc(-c2ccnc(-c3cnc(N4CCCC4)nc3)c2)n(OC(=O)C(F)(F)F)c1N1CCNCC1. The Morgan fingerprint density at radius 3 is 2.35 bits per heavy atom. The molecule has 2 saturated heterocycles. The van der Waals surface area contributed by atoms with E-state index in [-0.39, 0.29) is 17.1 Å². The predicted molar refractivity (Wildman–Crippen MR) is 128 cm³/mol. The second-order valence-electron chi connectivity index (χ2n) is 8.68. The maximum Gasteiger partial charge on any atom is 0.493 e. The van der Waals surface area contributed by atoms with Crippen molar-refractivity contribution in [3.63, 3.8) is 0 Å². The first-order valence-corrected chi connectivity index (χ1v) is 11.8. The van der Waals surface area contributed by atoms with Crippen molar-refractivity contribution in [2.24, 2.45) is 0 Å². The van der Waals surface area contributed by atoms with Crippen molar-refractivity contribution in [3.05, 3.63) is 42.4 Å². The molecule has 10 nitrogen and oxygen atoms in total. The van der Waals surface area contributed by atoms with Gasteiger partial charge in [-0.3, -0.25) is 4.98 Å². The second kappa shape index (κ2) is 10.1. The summed E-state index contributed by atoms with van der Waals surface area (Å²) in [5.74, 6) is -1.66. The molecule has 0 unspecified atom stereocenters. The number of piperazine rings is 1. The molecule has 13 heteroatoms. The monoisotopic (exact) mass is 512 g/mol. The predicted octanol–water partition coefficient (Wildman–Crippen LogP) is 2.41. The van der Waals surface area contributed by atoms with Gasteiger partial charge >= 0.3 is 12.1 Å². The van der Waals surface area contributed by atoms with Gasteiger partial charge in [-0.05, 0) is 31.0 Å². The van der Waals surface area contributed by atoms with Crippen LogP contribution in [0.4, 0.5) is 24.9 Å². The highest BCUT2D eigenvalue weighted by Gasteiger charge is 2.43. The van der Waals surface area contributed by atoms with Gasteiger partial charge in [0.05, 0.1) is 17.0 Å². The number of aromatic nitrogens is 4. The van der Waals surface area contributed by atoms with E-state index >= 15 is 0 Å². The molecule has 2 aliphatic heterocycles. The van der Waals surface area contributed by atoms with E-state index in [1.165, 1.54) is 12.3 Å². The molecule has 5 rings (SSSR count). The van der Waals surface area contributed by atoms with Crippen LogP contribution >= 0.6 is 0 Å². The molecule has 1 N–H and O–H groups in total. The van der Waals surface area contributed by atoms with Crippen molar-refractivity contribution >= 4 is 17.7 Å². The van der Waals surface area contributed by atoms with E-state index in [0.717, 1.165) is 30.7 Å². The number of carbonyl (C=O) groups excluding carboxylic acids is 1. The largest absolute Gasteiger partial charge is 0.493 e. The number of nitrogens with zero attached hydrogens (tertiary/aromatic N) is 7. The molecule has 0 amide bonds. The molecule has 0 aromatic carbocycles. The Labute approximate surface area is 210 Å². The summed E-state index contributed by atoms with van der Waals surface area (Å²) in [6.07, 6.45) is 1.73. The number of hydrogen-bond donors (Lipinski definition) is 1. The first-order valence-electron chi connectivity index (χ1n) is 11.8. The van der Waals surface area contributed by atoms with Crippen LogP contribution in [-0.4, -0.2) is 71.1 Å². The Kier molecular flexibility index (Phi) is 6.66. The van der Waals surface area contributed by atoms with Crippen molar-refractivity contribution < 1.29 is 22.8 Å². The van der Waals surface area contributed by atoms with Gasteiger partial charge in [-0.1, -0.05) is 0 Å². The van der Waals surface area contributed by atoms with Crippen LogP contribution in [0.1, 0.15) is 18.4 Å². The molecule has 2 aliphatic rings. The number of anilines is 2. The van der Waals surface area contributed by atoms with Gasteiger partial charge in [0, 0.05) is 69.0 Å². The van der Waals surface area contributed by atoms with Gasteiger partial charge < -0.3 is 20.0 Å². The number of nitriles is 1. The highest BCUT2D eigenvalue weighted by atomic mass is 19.4. The quantitative estimate of drug-likeness (QED) is 0.551. The molecule has 0 bridgehead atoms. The van der Waals surface area contributed by atoms with Crippen molar-refractivity contribution in [3.8, 4) is 28.6 Å². The Morgan fingerprint density at radius 2 is 1.70 bits per heavy atom. The van der Waals surface area contributed by atoms with Crippen molar-refractivity contribution in [1.29, 1.82) is 5.26 Å². The number of halogens is 3. The minimum Gasteiger partial charge on any atom is -0.352 e. The molecule has 0 radical (unpaired) electrons. The third kappa shape index (κ3) is 5.05. The molecule has 3 aromatic heterocycles. The Balaban J connectivity index is 1.54. The minimum atomic E-state index is -5.22. The number of nitrogens with one attached hydrogen (secondary N) is 1. The van der Waals surface area contributed by atoms with Crippen LogP contribution in [-0.2, 0) is 4.79 Å². The molecule has 2 fully saturated rings. The summed E-state index contributed by atoms with van der Waals surface area (Å²) in [6, 6.07) is 6.63. The lowest BCUT2D eigenvalue weighted by Gasteiger charge is -2.30. The topological polar surface area (TPSA) is 112 Å². The van der Waals surface area contributed by atoms with Gasteiger partial charge in [0.1, 0.15) is 6.07 Å². The fourth-order valence-corrected chi connectivity index (χ4v) is 4.45. The average Bonchev–Trinajstić information content (AvgIpc) is 3.57. The molecule has 37 heavy (non-hydrogen) atoms. The first-order chi connectivity index (χ1) is 17.8. The first kappa shape index (κ1) is 24.5. The molecule has 0 atom stereocenters. The second-order valence-corrected chi connectivity index (χ2v) is 8.68. The van der Waals surface area contributed by atoms with Crippen LogP contribution in [0, 0.1) is 11.3 Å². The number of pyridine rings is 1. The lowest BCUT2D eigenvalue weighted by molar-refractivity contribution is -0.199. The summed E-state index contributed by atoms with van der Waals surface area (Å²) in [7, 11) is 0. The van der Waals surface area contributed by atoms with E-state index in [1.807, 2.05) is 6.07 Å². The number of carbonyl (C=O) groups is 1. The highest BCUT2D eigenvalue weighted by molar-refractivity contribution is 5.79. The summed E-state index contributed by atoms with van der Waals surface area (Å²) < 4.78 is 40.3. The maximum atomic E-state index is 13.2. The van der Waals surface area contributed by atoms with Gasteiger partial charge in [-0.15, -0.1) is 0 Å². The third-order valence-corrected chi connectivity index (χ3v) is 6.25. The van der Waals surface area contributed by atoms with Gasteiger partial charge in [0.25, 0.3) is 0 Å². The average molecular weight is 512 g/mol. The summed E-state index contributed by atoms with van der Waals surface area (Å²) in [4.78, 5) is 33.7. The number of alkyl halides is 3. The van der Waals surface area contributed by atoms with E-state index in [2.05, 4.69) is 25.2 Å². The molecular weight excluding hydrogens is 489 g/mol. The molecule has 0 spiro atoms. The standard InChI is InChI=1S/C24H23F3N8O2/c25-24(26,27)22(36)37-35-20(12-17(13-28)21(35)33-9-5-29-6-10-33)16-3-4-30-19(11-16)18-14-31-23(32-15-18)34-7-1-2-8-34/h3-4,11-12,14-15,29H,1-2,5-10H2. The van der Waals surface area contributed by atoms with Crippen LogP contribution in [0.2, 0.25) is 0 Å². The zero-order valence-electron chi connectivity index (χ0n) is 19.7. The zero-order valence-corrected chi connectivity index (χ0v) is 19.7. The van der Waals surface area contributed by atoms with Gasteiger partial charge in [-0.2, -0.15) is 23.2 Å². The van der Waals surface area contributed by atoms with Gasteiger partial charge in [0.15, 0.2) is 5.82 Å². The molecule has 3 aromatic rings. The van der Waals surface area contributed by atoms with Gasteiger partial charge in [0.2, 0.25) is 5.95 Å². The molecular formula is C24H23F3N8O2. The van der Waals surface area contributed by atoms with E-state index in [9.17, 15) is 23.2 Å². The van der Waals surface area contributed by atoms with E-state index in [4.69, 9.17) is 4.84 Å². The summed E-state index contributed by atoms with van der Waals surface area (Å²) in [6.45, 7) is 3.76. The van der Waals surface area contributed by atoms with Crippen LogP contribution in [0.5, 0.6) is 0 Å². The fourth-order valence-electron chi connectivity index (χ4n) is 4.45. The minimum absolute atomic E-state index is 0.0866. The maximum absolute atomic E-state index is 13.2. The van der Waals surface area contributed by atoms with Gasteiger partial charge in [-0.25, -0.2) is 14.8 Å². The van der Waals surface area contributed by atoms with E-state index in [0.29, 0.717) is 48.9 Å². The third-order valence-electron chi connectivity index (χ3n) is 6.25. The number of hydrogen-bond acceptors (Lipinski definition) is 9.